The van der Waals surface area contributed by atoms with E-state index in [-0.39, 0.29) is 14.3 Å². The Labute approximate surface area is 67.8 Å². The lowest BCUT2D eigenvalue weighted by Crippen LogP contribution is -1.99. The van der Waals surface area contributed by atoms with Crippen LogP contribution >= 0.6 is 0 Å². The Morgan fingerprint density at radius 2 is 1.50 bits per heavy atom. The van der Waals surface area contributed by atoms with Gasteiger partial charge in [-0.05, 0) is 11.6 Å². The van der Waals surface area contributed by atoms with Gasteiger partial charge < -0.3 is 5.73 Å². The molecule has 0 spiro atoms. The zero-order valence-corrected chi connectivity index (χ0v) is 7.23. The normalized spacial score (nSPS) is 9.70. The second kappa shape index (κ2) is 8.54. The van der Waals surface area contributed by atoms with Crippen LogP contribution in [0.1, 0.15) is 43.5 Å². The maximum atomic E-state index is 5.13. The van der Waals surface area contributed by atoms with Crippen molar-refractivity contribution in [3.8, 4) is 0 Å². The molecule has 0 unspecified atom stereocenters. The quantitative estimate of drug-likeness (QED) is 0.561. The summed E-state index contributed by atoms with van der Waals surface area (Å²) < 4.78 is 0. The summed E-state index contributed by atoms with van der Waals surface area (Å²) in [6.07, 6.45) is 3.55. The van der Waals surface area contributed by atoms with Gasteiger partial charge in [-0.15, -0.1) is 0 Å². The minimum absolute atomic E-state index is 0. The van der Waals surface area contributed by atoms with E-state index in [4.69, 9.17) is 5.73 Å². The average molecular weight is 149 g/mol. The molecule has 66 valence electrons. The van der Waals surface area contributed by atoms with E-state index in [0.29, 0.717) is 0 Å². The van der Waals surface area contributed by atoms with Crippen LogP contribution in [0.3, 0.4) is 0 Å². The molecule has 0 aromatic rings. The Hall–Kier alpha value is -0.460. The Balaban J connectivity index is -0.0000000564. The van der Waals surface area contributed by atoms with Crippen LogP contribution in [0.4, 0.5) is 0 Å². The fraction of sp³-hybridized carbons (Fsp3) is 0.778. The predicted octanol–water partition coefficient (Wildman–Crippen LogP) is 3.41. The van der Waals surface area contributed by atoms with E-state index in [2.05, 4.69) is 20.8 Å². The lowest BCUT2D eigenvalue weighted by atomic mass is 9.97. The molecule has 0 saturated carbocycles. The van der Waals surface area contributed by atoms with Crippen LogP contribution in [0, 0.1) is 5.41 Å². The van der Waals surface area contributed by atoms with Crippen LogP contribution in [0.15, 0.2) is 12.3 Å². The van der Waals surface area contributed by atoms with E-state index in [9.17, 15) is 0 Å². The molecule has 0 heterocycles. The van der Waals surface area contributed by atoms with Gasteiger partial charge in [0, 0.05) is 1.43 Å². The molecule has 0 aromatic heterocycles. The number of rotatable bonds is 0. The second-order valence-corrected chi connectivity index (χ2v) is 2.73. The lowest BCUT2D eigenvalue weighted by molar-refractivity contribution is 0.543. The Kier molecular flexibility index (Phi) is 13.9. The summed E-state index contributed by atoms with van der Waals surface area (Å²) >= 11 is 0. The number of nitrogens with two attached hydrogens (primary N) is 1. The van der Waals surface area contributed by atoms with Gasteiger partial charge in [-0.25, -0.2) is 0 Å². The van der Waals surface area contributed by atoms with Gasteiger partial charge in [-0.2, -0.15) is 0 Å². The highest BCUT2D eigenvalue weighted by Crippen LogP contribution is 2.12. The first kappa shape index (κ1) is 16.3. The van der Waals surface area contributed by atoms with Crippen LogP contribution in [0.2, 0.25) is 0 Å². The van der Waals surface area contributed by atoms with E-state index in [1.165, 1.54) is 0 Å². The number of hydrogen-bond donors (Lipinski definition) is 1. The highest BCUT2D eigenvalue weighted by Gasteiger charge is 2.01. The number of hydrogen-bond acceptors (Lipinski definition) is 1. The molecule has 0 bridgehead atoms. The Morgan fingerprint density at radius 1 is 1.20 bits per heavy atom. The third-order valence-electron chi connectivity index (χ3n) is 0.596. The van der Waals surface area contributed by atoms with Crippen molar-refractivity contribution in [2.45, 2.75) is 42.0 Å². The fourth-order valence-corrected chi connectivity index (χ4v) is 0.289. The molecule has 0 aliphatic rings. The largest absolute Gasteiger partial charge is 0.405 e. The van der Waals surface area contributed by atoms with Gasteiger partial charge in [0.1, 0.15) is 0 Å². The molecular weight excluding hydrogens is 122 g/mol. The summed E-state index contributed by atoms with van der Waals surface area (Å²) in [7, 11) is 0. The summed E-state index contributed by atoms with van der Waals surface area (Å²) in [6.45, 7) is 10.3. The van der Waals surface area contributed by atoms with Gasteiger partial charge in [0.2, 0.25) is 0 Å². The van der Waals surface area contributed by atoms with Crippen molar-refractivity contribution in [3.63, 3.8) is 0 Å². The molecular formula is C9H25N. The van der Waals surface area contributed by atoms with E-state index >= 15 is 0 Å². The highest BCUT2D eigenvalue weighted by atomic mass is 14.5. The maximum absolute atomic E-state index is 5.13. The van der Waals surface area contributed by atoms with Crippen molar-refractivity contribution in [2.75, 3.05) is 0 Å². The van der Waals surface area contributed by atoms with Crippen molar-refractivity contribution in [2.24, 2.45) is 11.1 Å². The standard InChI is InChI=1S/C6H13N.C2H6.CH4.H2/c1-6(2,3)4-5-7;1-2;;/h4-5H,7H2,1-3H3;1-2H3;1H4;1H/b5-4+;;;/i;;;1+2. The van der Waals surface area contributed by atoms with Crippen molar-refractivity contribution < 1.29 is 1.43 Å². The Morgan fingerprint density at radius 3 is 1.50 bits per heavy atom. The second-order valence-electron chi connectivity index (χ2n) is 2.73. The molecule has 10 heavy (non-hydrogen) atoms. The van der Waals surface area contributed by atoms with Crippen molar-refractivity contribution in [1.29, 1.82) is 0 Å². The summed E-state index contributed by atoms with van der Waals surface area (Å²) in [5, 5.41) is 0. The van der Waals surface area contributed by atoms with Crippen molar-refractivity contribution in [1.82, 2.24) is 0 Å². The molecule has 1 nitrogen and oxygen atoms in total. The third-order valence-corrected chi connectivity index (χ3v) is 0.596. The molecule has 0 saturated heterocycles. The number of allylic oxidation sites excluding steroid dienone is 1. The first-order valence-corrected chi connectivity index (χ1v) is 3.46. The third kappa shape index (κ3) is 25.7. The molecule has 0 fully saturated rings. The maximum Gasteiger partial charge on any atom is 0 e. The van der Waals surface area contributed by atoms with E-state index in [1.54, 1.807) is 6.20 Å². The molecule has 0 atom stereocenters. The predicted molar refractivity (Wildman–Crippen MR) is 53.0 cm³/mol. The van der Waals surface area contributed by atoms with Crippen LogP contribution in [-0.2, 0) is 0 Å². The SMILES string of the molecule is C.CC.CC(C)(C)/C=C/N.[3HH]. The minimum atomic E-state index is 0. The molecule has 0 radical (unpaired) electrons. The van der Waals surface area contributed by atoms with Gasteiger partial charge in [-0.1, -0.05) is 48.1 Å². The molecule has 1 heteroatoms. The van der Waals surface area contributed by atoms with E-state index in [0.717, 1.165) is 0 Å². The summed E-state index contributed by atoms with van der Waals surface area (Å²) in [5.41, 5.74) is 5.38. The average Bonchev–Trinajstić information content (AvgIpc) is 1.69. The highest BCUT2D eigenvalue weighted by molar-refractivity contribution is 4.88. The fourth-order valence-electron chi connectivity index (χ4n) is 0.289. The van der Waals surface area contributed by atoms with Crippen LogP contribution < -0.4 is 5.73 Å². The monoisotopic (exact) mass is 149 g/mol. The zero-order valence-electron chi connectivity index (χ0n) is 7.23. The van der Waals surface area contributed by atoms with E-state index < -0.39 is 0 Å². The summed E-state index contributed by atoms with van der Waals surface area (Å²) in [5.74, 6) is 0. The van der Waals surface area contributed by atoms with Gasteiger partial charge in [0.05, 0.1) is 0 Å². The molecule has 0 aromatic carbocycles. The first-order valence-electron chi connectivity index (χ1n) is 3.46. The Bertz CT molecular complexity index is 72.1. The lowest BCUT2D eigenvalue weighted by Gasteiger charge is -2.09. The molecule has 0 rings (SSSR count). The van der Waals surface area contributed by atoms with Gasteiger partial charge in [-0.3, -0.25) is 0 Å². The smallest absolute Gasteiger partial charge is 0 e. The van der Waals surface area contributed by atoms with Crippen LogP contribution in [-0.4, -0.2) is 0 Å². The van der Waals surface area contributed by atoms with Gasteiger partial charge in [0.15, 0.2) is 0 Å². The zero-order chi connectivity index (χ0) is 7.91. The van der Waals surface area contributed by atoms with Gasteiger partial charge >= 0.3 is 0 Å². The van der Waals surface area contributed by atoms with Crippen LogP contribution in [0.25, 0.3) is 0 Å². The van der Waals surface area contributed by atoms with Gasteiger partial charge in [0.25, 0.3) is 0 Å². The molecule has 0 aliphatic carbocycles. The van der Waals surface area contributed by atoms with Crippen molar-refractivity contribution in [3.05, 3.63) is 12.3 Å². The molecule has 2 N–H and O–H groups in total. The van der Waals surface area contributed by atoms with E-state index in [1.807, 2.05) is 19.9 Å². The summed E-state index contributed by atoms with van der Waals surface area (Å²) in [4.78, 5) is 0. The topological polar surface area (TPSA) is 26.0 Å². The van der Waals surface area contributed by atoms with Crippen LogP contribution in [0.5, 0.6) is 0 Å². The first-order chi connectivity index (χ1) is 4.06. The summed E-state index contributed by atoms with van der Waals surface area (Å²) in [6, 6.07) is 0. The van der Waals surface area contributed by atoms with Crippen molar-refractivity contribution >= 4 is 0 Å². The molecule has 0 amide bonds. The molecule has 0 aliphatic heterocycles. The minimum Gasteiger partial charge on any atom is -0.405 e.